The fraction of sp³-hybridized carbons (Fsp3) is 0.875. The molecule has 0 aliphatic heterocycles. The van der Waals surface area contributed by atoms with Gasteiger partial charge in [-0.3, -0.25) is 9.59 Å². The van der Waals surface area contributed by atoms with Gasteiger partial charge in [-0.05, 0) is 46.5 Å². The van der Waals surface area contributed by atoms with E-state index in [0.717, 1.165) is 19.3 Å². The highest BCUT2D eigenvalue weighted by Crippen LogP contribution is 2.23. The van der Waals surface area contributed by atoms with Crippen molar-refractivity contribution >= 4 is 11.9 Å². The number of carbonyl (C=O) groups excluding carboxylic acids is 2. The number of rotatable bonds is 8. The first kappa shape index (κ1) is 18.9. The molecule has 118 valence electrons. The van der Waals surface area contributed by atoms with Crippen LogP contribution in [-0.4, -0.2) is 24.6 Å². The zero-order valence-corrected chi connectivity index (χ0v) is 13.8. The maximum atomic E-state index is 12.1. The number of hydrogen-bond acceptors (Lipinski definition) is 4. The monoisotopic (exact) mass is 286 g/mol. The van der Waals surface area contributed by atoms with Crippen LogP contribution in [0.25, 0.3) is 0 Å². The van der Waals surface area contributed by atoms with Gasteiger partial charge in [-0.1, -0.05) is 20.3 Å². The molecule has 0 fully saturated rings. The van der Waals surface area contributed by atoms with Crippen molar-refractivity contribution in [3.63, 3.8) is 0 Å². The van der Waals surface area contributed by atoms with Crippen LogP contribution in [0.5, 0.6) is 0 Å². The van der Waals surface area contributed by atoms with E-state index in [1.54, 1.807) is 0 Å². The first-order chi connectivity index (χ1) is 9.25. The molecule has 0 aromatic rings. The van der Waals surface area contributed by atoms with Crippen LogP contribution < -0.4 is 0 Å². The Kier molecular flexibility index (Phi) is 8.51. The largest absolute Gasteiger partial charge is 0.469 e. The fourth-order valence-corrected chi connectivity index (χ4v) is 2.17. The van der Waals surface area contributed by atoms with Gasteiger partial charge in [-0.15, -0.1) is 0 Å². The van der Waals surface area contributed by atoms with Crippen molar-refractivity contribution in [2.24, 2.45) is 11.8 Å². The minimum Gasteiger partial charge on any atom is -0.469 e. The third-order valence-corrected chi connectivity index (χ3v) is 3.27. The van der Waals surface area contributed by atoms with Crippen molar-refractivity contribution in [2.45, 2.75) is 72.3 Å². The summed E-state index contributed by atoms with van der Waals surface area (Å²) in [6.45, 7) is 9.62. The molecule has 0 amide bonds. The number of methoxy groups -OCH3 is 1. The molecule has 0 heterocycles. The molecule has 20 heavy (non-hydrogen) atoms. The number of carbonyl (C=O) groups is 2. The van der Waals surface area contributed by atoms with Crippen LogP contribution in [0.1, 0.15) is 66.7 Å². The van der Waals surface area contributed by atoms with Gasteiger partial charge in [0.15, 0.2) is 0 Å². The third-order valence-electron chi connectivity index (χ3n) is 3.27. The molecule has 0 radical (unpaired) electrons. The summed E-state index contributed by atoms with van der Waals surface area (Å²) >= 11 is 0. The van der Waals surface area contributed by atoms with Crippen molar-refractivity contribution in [3.8, 4) is 0 Å². The number of hydrogen-bond donors (Lipinski definition) is 0. The molecular weight excluding hydrogens is 256 g/mol. The Bertz CT molecular complexity index is 304. The summed E-state index contributed by atoms with van der Waals surface area (Å²) in [7, 11) is 1.41. The predicted molar refractivity (Wildman–Crippen MR) is 79.3 cm³/mol. The van der Waals surface area contributed by atoms with Crippen molar-refractivity contribution in [1.29, 1.82) is 0 Å². The Morgan fingerprint density at radius 3 is 1.90 bits per heavy atom. The van der Waals surface area contributed by atoms with E-state index in [0.29, 0.717) is 12.8 Å². The first-order valence-corrected chi connectivity index (χ1v) is 7.55. The van der Waals surface area contributed by atoms with Crippen LogP contribution in [0.15, 0.2) is 0 Å². The lowest BCUT2D eigenvalue weighted by Gasteiger charge is -2.24. The second-order valence-electron chi connectivity index (χ2n) is 6.22. The minimum absolute atomic E-state index is 0.110. The van der Waals surface area contributed by atoms with Gasteiger partial charge in [0.25, 0.3) is 0 Å². The zero-order valence-electron chi connectivity index (χ0n) is 13.8. The molecule has 4 nitrogen and oxygen atoms in total. The van der Waals surface area contributed by atoms with Gasteiger partial charge >= 0.3 is 11.9 Å². The van der Waals surface area contributed by atoms with Crippen molar-refractivity contribution in [2.75, 3.05) is 7.11 Å². The van der Waals surface area contributed by atoms with Crippen LogP contribution in [0.2, 0.25) is 0 Å². The molecule has 0 saturated heterocycles. The Balaban J connectivity index is 4.48. The lowest BCUT2D eigenvalue weighted by atomic mass is 9.91. The van der Waals surface area contributed by atoms with Gasteiger partial charge in [0.1, 0.15) is 5.60 Å². The van der Waals surface area contributed by atoms with Gasteiger partial charge in [-0.2, -0.15) is 0 Å². The van der Waals surface area contributed by atoms with Crippen molar-refractivity contribution in [3.05, 3.63) is 0 Å². The molecule has 0 aromatic heterocycles. The maximum absolute atomic E-state index is 12.1. The molecular formula is C16H30O4. The van der Waals surface area contributed by atoms with Crippen molar-refractivity contribution in [1.82, 2.24) is 0 Å². The predicted octanol–water partition coefficient (Wildman–Crippen LogP) is 3.72. The van der Waals surface area contributed by atoms with E-state index in [9.17, 15) is 9.59 Å². The van der Waals surface area contributed by atoms with Crippen LogP contribution in [0, 0.1) is 11.8 Å². The van der Waals surface area contributed by atoms with Crippen molar-refractivity contribution < 1.29 is 19.1 Å². The van der Waals surface area contributed by atoms with E-state index < -0.39 is 5.60 Å². The van der Waals surface area contributed by atoms with Gasteiger partial charge < -0.3 is 9.47 Å². The van der Waals surface area contributed by atoms with E-state index in [1.165, 1.54) is 7.11 Å². The summed E-state index contributed by atoms with van der Waals surface area (Å²) in [4.78, 5) is 23.7. The lowest BCUT2D eigenvalue weighted by Crippen LogP contribution is -2.29. The molecule has 0 saturated carbocycles. The maximum Gasteiger partial charge on any atom is 0.309 e. The Morgan fingerprint density at radius 2 is 1.50 bits per heavy atom. The quantitative estimate of drug-likeness (QED) is 0.638. The standard InChI is InChI=1S/C16H30O4/c1-7-9-13(14(17)19-6)11-10-12(8-2)15(18)20-16(3,4)5/h12-13H,7-11H2,1-6H3. The van der Waals surface area contributed by atoms with Crippen LogP contribution in [-0.2, 0) is 19.1 Å². The SMILES string of the molecule is CCCC(CCC(CC)C(=O)OC(C)(C)C)C(=O)OC. The Morgan fingerprint density at radius 1 is 0.950 bits per heavy atom. The van der Waals surface area contributed by atoms with Gasteiger partial charge in [0.05, 0.1) is 18.9 Å². The van der Waals surface area contributed by atoms with Gasteiger partial charge in [-0.25, -0.2) is 0 Å². The van der Waals surface area contributed by atoms with Crippen LogP contribution >= 0.6 is 0 Å². The second kappa shape index (κ2) is 8.98. The van der Waals surface area contributed by atoms with E-state index in [-0.39, 0.29) is 23.8 Å². The molecule has 0 rings (SSSR count). The second-order valence-corrected chi connectivity index (χ2v) is 6.22. The molecule has 0 aliphatic carbocycles. The summed E-state index contributed by atoms with van der Waals surface area (Å²) in [5.41, 5.74) is -0.463. The van der Waals surface area contributed by atoms with Gasteiger partial charge in [0.2, 0.25) is 0 Å². The lowest BCUT2D eigenvalue weighted by molar-refractivity contribution is -0.161. The highest BCUT2D eigenvalue weighted by Gasteiger charge is 2.26. The molecule has 4 heteroatoms. The Hall–Kier alpha value is -1.06. The number of ether oxygens (including phenoxy) is 2. The molecule has 2 unspecified atom stereocenters. The summed E-state index contributed by atoms with van der Waals surface area (Å²) in [5.74, 6) is -0.592. The zero-order chi connectivity index (χ0) is 15.8. The van der Waals surface area contributed by atoms with Crippen LogP contribution in [0.4, 0.5) is 0 Å². The topological polar surface area (TPSA) is 52.6 Å². The van der Waals surface area contributed by atoms with E-state index >= 15 is 0 Å². The average molecular weight is 286 g/mol. The third kappa shape index (κ3) is 7.51. The van der Waals surface area contributed by atoms with Crippen LogP contribution in [0.3, 0.4) is 0 Å². The summed E-state index contributed by atoms with van der Waals surface area (Å²) in [5, 5.41) is 0. The normalized spacial score (nSPS) is 14.5. The minimum atomic E-state index is -0.463. The molecule has 0 spiro atoms. The highest BCUT2D eigenvalue weighted by molar-refractivity contribution is 5.74. The molecule has 0 bridgehead atoms. The number of esters is 2. The smallest absolute Gasteiger partial charge is 0.309 e. The molecule has 0 N–H and O–H groups in total. The molecule has 0 aromatic carbocycles. The molecule has 0 aliphatic rings. The average Bonchev–Trinajstić information content (AvgIpc) is 2.35. The van der Waals surface area contributed by atoms with Gasteiger partial charge in [0, 0.05) is 0 Å². The van der Waals surface area contributed by atoms with E-state index in [2.05, 4.69) is 0 Å². The fourth-order valence-electron chi connectivity index (χ4n) is 2.17. The Labute approximate surface area is 123 Å². The summed E-state index contributed by atoms with van der Waals surface area (Å²) in [6.07, 6.45) is 3.82. The summed E-state index contributed by atoms with van der Waals surface area (Å²) < 4.78 is 10.2. The highest BCUT2D eigenvalue weighted by atomic mass is 16.6. The van der Waals surface area contributed by atoms with E-state index in [1.807, 2.05) is 34.6 Å². The first-order valence-electron chi connectivity index (χ1n) is 7.55. The van der Waals surface area contributed by atoms with E-state index in [4.69, 9.17) is 9.47 Å². The molecule has 2 atom stereocenters. The summed E-state index contributed by atoms with van der Waals surface area (Å²) in [6, 6.07) is 0.